The van der Waals surface area contributed by atoms with Crippen molar-refractivity contribution in [3.8, 4) is 0 Å². The molecule has 0 aliphatic heterocycles. The van der Waals surface area contributed by atoms with Gasteiger partial charge in [-0.3, -0.25) is 14.4 Å². The summed E-state index contributed by atoms with van der Waals surface area (Å²) in [6.45, 7) is 6.38. The van der Waals surface area contributed by atoms with Crippen LogP contribution in [0.4, 0.5) is 0 Å². The van der Waals surface area contributed by atoms with Gasteiger partial charge in [-0.15, -0.1) is 0 Å². The summed E-state index contributed by atoms with van der Waals surface area (Å²) in [4.78, 5) is 38.3. The van der Waals surface area contributed by atoms with Crippen LogP contribution in [0.15, 0.2) is 122 Å². The van der Waals surface area contributed by atoms with Gasteiger partial charge in [-0.05, 0) is 128 Å². The maximum Gasteiger partial charge on any atom is 0.306 e. The van der Waals surface area contributed by atoms with Gasteiger partial charge in [0.25, 0.3) is 0 Å². The lowest BCUT2D eigenvalue weighted by Crippen LogP contribution is -2.30. The molecule has 1 unspecified atom stereocenters. The van der Waals surface area contributed by atoms with Crippen molar-refractivity contribution in [2.24, 2.45) is 0 Å². The average molecular weight is 1080 g/mol. The lowest BCUT2D eigenvalue weighted by atomic mass is 10.0. The molecule has 78 heavy (non-hydrogen) atoms. The van der Waals surface area contributed by atoms with Gasteiger partial charge in [0.2, 0.25) is 0 Å². The van der Waals surface area contributed by atoms with Crippen LogP contribution in [0, 0.1) is 0 Å². The third-order valence-electron chi connectivity index (χ3n) is 13.7. The highest BCUT2D eigenvalue weighted by molar-refractivity contribution is 5.71. The summed E-state index contributed by atoms with van der Waals surface area (Å²) in [6.07, 6.45) is 90.7. The SMILES string of the molecule is CC/C=C\C/C=C\C/C=C\C/C=C\C/C=C\CCCCCCCCCCCCCCCC(=O)OCC(COC(=O)CCCC/C=C\C/C=C\C/C=C\C/C=C\CC)OC(=O)CCCCCCC/C=C\CCCCCCCCC. The van der Waals surface area contributed by atoms with Crippen molar-refractivity contribution in [2.45, 2.75) is 303 Å². The molecule has 0 bridgehead atoms. The predicted molar refractivity (Wildman–Crippen MR) is 339 cm³/mol. The molecule has 0 saturated carbocycles. The highest BCUT2D eigenvalue weighted by Crippen LogP contribution is 2.16. The van der Waals surface area contributed by atoms with E-state index in [1.807, 2.05) is 0 Å². The van der Waals surface area contributed by atoms with Gasteiger partial charge in [0, 0.05) is 19.3 Å². The minimum absolute atomic E-state index is 0.0960. The van der Waals surface area contributed by atoms with Crippen LogP contribution in [0.2, 0.25) is 0 Å². The van der Waals surface area contributed by atoms with Gasteiger partial charge in [-0.25, -0.2) is 0 Å². The maximum atomic E-state index is 12.9. The lowest BCUT2D eigenvalue weighted by Gasteiger charge is -2.18. The van der Waals surface area contributed by atoms with Crippen molar-refractivity contribution in [1.82, 2.24) is 0 Å². The van der Waals surface area contributed by atoms with Crippen LogP contribution in [0.1, 0.15) is 297 Å². The summed E-state index contributed by atoms with van der Waals surface area (Å²) in [5.74, 6) is -0.943. The summed E-state index contributed by atoms with van der Waals surface area (Å²) in [7, 11) is 0. The van der Waals surface area contributed by atoms with Crippen LogP contribution in [-0.4, -0.2) is 37.2 Å². The first kappa shape index (κ1) is 73.8. The summed E-state index contributed by atoms with van der Waals surface area (Å²) in [5.41, 5.74) is 0. The van der Waals surface area contributed by atoms with Gasteiger partial charge in [0.05, 0.1) is 0 Å². The van der Waals surface area contributed by atoms with E-state index in [1.165, 1.54) is 128 Å². The molecule has 0 aliphatic rings. The number of allylic oxidation sites excluding steroid dienone is 20. The third-order valence-corrected chi connectivity index (χ3v) is 13.7. The van der Waals surface area contributed by atoms with Gasteiger partial charge in [0.15, 0.2) is 6.10 Å². The monoisotopic (exact) mass is 1080 g/mol. The molecule has 0 rings (SSSR count). The van der Waals surface area contributed by atoms with E-state index in [0.717, 1.165) is 128 Å². The van der Waals surface area contributed by atoms with E-state index >= 15 is 0 Å². The highest BCUT2D eigenvalue weighted by Gasteiger charge is 2.19. The minimum Gasteiger partial charge on any atom is -0.462 e. The zero-order valence-electron chi connectivity index (χ0n) is 50.9. The molecular formula is C72H120O6. The number of ether oxygens (including phenoxy) is 3. The van der Waals surface area contributed by atoms with Gasteiger partial charge in [0.1, 0.15) is 13.2 Å². The summed E-state index contributed by atoms with van der Waals surface area (Å²) < 4.78 is 16.9. The van der Waals surface area contributed by atoms with Crippen molar-refractivity contribution in [3.05, 3.63) is 122 Å². The van der Waals surface area contributed by atoms with Crippen molar-refractivity contribution >= 4 is 17.9 Å². The Balaban J connectivity index is 4.32. The van der Waals surface area contributed by atoms with Crippen LogP contribution in [0.5, 0.6) is 0 Å². The Hall–Kier alpha value is -4.19. The second-order valence-corrected chi connectivity index (χ2v) is 21.3. The topological polar surface area (TPSA) is 78.9 Å². The number of carbonyl (C=O) groups is 3. The number of hydrogen-bond donors (Lipinski definition) is 0. The standard InChI is InChI=1S/C72H120O6/c1-4-7-10-13-16-19-22-25-28-30-31-32-33-34-35-36-37-38-39-40-41-42-45-47-50-53-56-59-62-65-71(74)77-68-69(67-76-70(73)64-61-58-55-52-49-46-43-27-24-21-18-15-12-9-6-3)78-72(75)66-63-60-57-54-51-48-44-29-26-23-20-17-14-11-8-5-2/h7,9-10,12,16,18-19,21,25,27-29,31-32,34-35,43-44,49,52,69H,4-6,8,11,13-15,17,20,22-24,26,30,33,36-42,45-48,50-51,53-68H2,1-3H3/b10-7-,12-9-,19-16-,21-18-,28-25-,32-31-,35-34-,43-27-,44-29-,52-49-. The average Bonchev–Trinajstić information content (AvgIpc) is 3.44. The molecule has 0 heterocycles. The molecule has 0 aromatic carbocycles. The van der Waals surface area contributed by atoms with Gasteiger partial charge >= 0.3 is 17.9 Å². The molecule has 0 spiro atoms. The summed E-state index contributed by atoms with van der Waals surface area (Å²) in [5, 5.41) is 0. The minimum atomic E-state index is -0.803. The smallest absolute Gasteiger partial charge is 0.306 e. The first-order chi connectivity index (χ1) is 38.5. The van der Waals surface area contributed by atoms with E-state index in [2.05, 4.69) is 142 Å². The Bertz CT molecular complexity index is 1620. The fraction of sp³-hybridized carbons (Fsp3) is 0.681. The number of unbranched alkanes of at least 4 members (excludes halogenated alkanes) is 27. The molecule has 0 aromatic heterocycles. The Morgan fingerprint density at radius 2 is 0.500 bits per heavy atom. The van der Waals surface area contributed by atoms with Crippen LogP contribution < -0.4 is 0 Å². The molecule has 0 amide bonds. The summed E-state index contributed by atoms with van der Waals surface area (Å²) in [6, 6.07) is 0. The van der Waals surface area contributed by atoms with Crippen molar-refractivity contribution < 1.29 is 28.6 Å². The Labute approximate surface area is 482 Å². The molecule has 0 fully saturated rings. The molecule has 0 N–H and O–H groups in total. The Kier molecular flexibility index (Phi) is 61.8. The zero-order valence-corrected chi connectivity index (χ0v) is 50.9. The Morgan fingerprint density at radius 1 is 0.269 bits per heavy atom. The number of rotatable bonds is 58. The molecule has 6 nitrogen and oxygen atoms in total. The van der Waals surface area contributed by atoms with E-state index in [9.17, 15) is 14.4 Å². The van der Waals surface area contributed by atoms with E-state index in [1.54, 1.807) is 0 Å². The van der Waals surface area contributed by atoms with Crippen molar-refractivity contribution in [3.63, 3.8) is 0 Å². The van der Waals surface area contributed by atoms with Crippen LogP contribution in [0.25, 0.3) is 0 Å². The van der Waals surface area contributed by atoms with E-state index in [0.29, 0.717) is 19.3 Å². The molecule has 0 aromatic rings. The quantitative estimate of drug-likeness (QED) is 0.0261. The van der Waals surface area contributed by atoms with Gasteiger partial charge < -0.3 is 14.2 Å². The van der Waals surface area contributed by atoms with Gasteiger partial charge in [-0.1, -0.05) is 271 Å². The van der Waals surface area contributed by atoms with Crippen LogP contribution in [-0.2, 0) is 28.6 Å². The molecule has 0 saturated heterocycles. The molecular weight excluding hydrogens is 961 g/mol. The van der Waals surface area contributed by atoms with Crippen molar-refractivity contribution in [1.29, 1.82) is 0 Å². The molecule has 0 radical (unpaired) electrons. The molecule has 444 valence electrons. The second kappa shape index (κ2) is 65.3. The van der Waals surface area contributed by atoms with E-state index in [-0.39, 0.29) is 31.1 Å². The van der Waals surface area contributed by atoms with Gasteiger partial charge in [-0.2, -0.15) is 0 Å². The fourth-order valence-corrected chi connectivity index (χ4v) is 8.87. The van der Waals surface area contributed by atoms with E-state index < -0.39 is 6.10 Å². The second-order valence-electron chi connectivity index (χ2n) is 21.3. The molecule has 0 aliphatic carbocycles. The van der Waals surface area contributed by atoms with Crippen LogP contribution >= 0.6 is 0 Å². The van der Waals surface area contributed by atoms with Crippen LogP contribution in [0.3, 0.4) is 0 Å². The predicted octanol–water partition coefficient (Wildman–Crippen LogP) is 22.4. The number of carbonyl (C=O) groups excluding carboxylic acids is 3. The lowest BCUT2D eigenvalue weighted by molar-refractivity contribution is -0.167. The number of hydrogen-bond acceptors (Lipinski definition) is 6. The summed E-state index contributed by atoms with van der Waals surface area (Å²) >= 11 is 0. The maximum absolute atomic E-state index is 12.9. The van der Waals surface area contributed by atoms with Crippen molar-refractivity contribution in [2.75, 3.05) is 13.2 Å². The highest BCUT2D eigenvalue weighted by atomic mass is 16.6. The number of esters is 3. The first-order valence-electron chi connectivity index (χ1n) is 32.5. The molecule has 6 heteroatoms. The largest absolute Gasteiger partial charge is 0.462 e. The first-order valence-corrected chi connectivity index (χ1v) is 32.5. The normalized spacial score (nSPS) is 12.9. The fourth-order valence-electron chi connectivity index (χ4n) is 8.87. The zero-order chi connectivity index (χ0) is 56.4. The molecule has 1 atom stereocenters. The van der Waals surface area contributed by atoms with E-state index in [4.69, 9.17) is 14.2 Å². The third kappa shape index (κ3) is 62.7. The Morgan fingerprint density at radius 3 is 0.821 bits per heavy atom.